The summed E-state index contributed by atoms with van der Waals surface area (Å²) < 4.78 is 6.60. The van der Waals surface area contributed by atoms with Gasteiger partial charge in [-0.3, -0.25) is 0 Å². The third-order valence-electron chi connectivity index (χ3n) is 2.24. The Bertz CT molecular complexity index is 312. The summed E-state index contributed by atoms with van der Waals surface area (Å²) in [5.41, 5.74) is 6.45. The number of halogens is 1. The SMILES string of the molecule is CC(C)C(C)Oc1cccc(N)c1Br. The van der Waals surface area contributed by atoms with Gasteiger partial charge in [0, 0.05) is 5.69 Å². The van der Waals surface area contributed by atoms with Crippen LogP contribution in [0.25, 0.3) is 0 Å². The van der Waals surface area contributed by atoms with Gasteiger partial charge in [0.05, 0.1) is 10.6 Å². The van der Waals surface area contributed by atoms with Crippen LogP contribution in [-0.2, 0) is 0 Å². The number of hydrogen-bond acceptors (Lipinski definition) is 2. The normalized spacial score (nSPS) is 12.9. The molecule has 0 aromatic heterocycles. The van der Waals surface area contributed by atoms with Crippen molar-refractivity contribution in [3.8, 4) is 5.75 Å². The minimum absolute atomic E-state index is 0.188. The van der Waals surface area contributed by atoms with E-state index in [9.17, 15) is 0 Å². The van der Waals surface area contributed by atoms with Gasteiger partial charge in [-0.15, -0.1) is 0 Å². The molecule has 78 valence electrons. The van der Waals surface area contributed by atoms with E-state index >= 15 is 0 Å². The molecule has 0 radical (unpaired) electrons. The maximum absolute atomic E-state index is 5.76. The second kappa shape index (κ2) is 4.69. The molecule has 0 saturated carbocycles. The van der Waals surface area contributed by atoms with Crippen LogP contribution in [0.2, 0.25) is 0 Å². The molecule has 0 aliphatic rings. The average molecular weight is 258 g/mol. The van der Waals surface area contributed by atoms with Crippen LogP contribution >= 0.6 is 15.9 Å². The Morgan fingerprint density at radius 3 is 2.50 bits per heavy atom. The highest BCUT2D eigenvalue weighted by Gasteiger charge is 2.11. The van der Waals surface area contributed by atoms with E-state index in [4.69, 9.17) is 10.5 Å². The Balaban J connectivity index is 2.82. The van der Waals surface area contributed by atoms with E-state index in [2.05, 4.69) is 36.7 Å². The van der Waals surface area contributed by atoms with Crippen molar-refractivity contribution in [2.24, 2.45) is 5.92 Å². The van der Waals surface area contributed by atoms with Crippen LogP contribution in [0.1, 0.15) is 20.8 Å². The van der Waals surface area contributed by atoms with Crippen molar-refractivity contribution >= 4 is 21.6 Å². The Morgan fingerprint density at radius 2 is 1.93 bits per heavy atom. The molecule has 0 amide bonds. The molecule has 1 atom stereocenters. The zero-order valence-electron chi connectivity index (χ0n) is 8.75. The predicted octanol–water partition coefficient (Wildman–Crippen LogP) is 3.45. The van der Waals surface area contributed by atoms with E-state index in [1.54, 1.807) is 0 Å². The summed E-state index contributed by atoms with van der Waals surface area (Å²) in [6.07, 6.45) is 0.188. The second-order valence-electron chi connectivity index (χ2n) is 3.73. The molecule has 0 aliphatic carbocycles. The van der Waals surface area contributed by atoms with Crippen molar-refractivity contribution in [1.29, 1.82) is 0 Å². The number of ether oxygens (including phenoxy) is 1. The number of nitrogens with two attached hydrogens (primary N) is 1. The molecule has 0 spiro atoms. The van der Waals surface area contributed by atoms with Crippen molar-refractivity contribution < 1.29 is 4.74 Å². The molecule has 14 heavy (non-hydrogen) atoms. The summed E-state index contributed by atoms with van der Waals surface area (Å²) in [5.74, 6) is 1.30. The van der Waals surface area contributed by atoms with Gasteiger partial charge in [-0.1, -0.05) is 19.9 Å². The predicted molar refractivity (Wildman–Crippen MR) is 63.5 cm³/mol. The van der Waals surface area contributed by atoms with Crippen LogP contribution in [0, 0.1) is 5.92 Å². The van der Waals surface area contributed by atoms with Gasteiger partial charge in [0.1, 0.15) is 5.75 Å². The van der Waals surface area contributed by atoms with Gasteiger partial charge >= 0.3 is 0 Å². The van der Waals surface area contributed by atoms with E-state index < -0.39 is 0 Å². The van der Waals surface area contributed by atoms with E-state index in [0.29, 0.717) is 11.6 Å². The van der Waals surface area contributed by atoms with Gasteiger partial charge in [-0.25, -0.2) is 0 Å². The molecule has 3 heteroatoms. The fourth-order valence-corrected chi connectivity index (χ4v) is 1.31. The topological polar surface area (TPSA) is 35.2 Å². The minimum atomic E-state index is 0.188. The lowest BCUT2D eigenvalue weighted by Gasteiger charge is -2.19. The average Bonchev–Trinajstić information content (AvgIpc) is 2.12. The van der Waals surface area contributed by atoms with Crippen molar-refractivity contribution in [2.75, 3.05) is 5.73 Å². The summed E-state index contributed by atoms with van der Waals surface area (Å²) >= 11 is 3.41. The Labute approximate surface area is 93.6 Å². The molecular weight excluding hydrogens is 242 g/mol. The number of benzene rings is 1. The molecular formula is C11H16BrNO. The number of nitrogen functional groups attached to an aromatic ring is 1. The van der Waals surface area contributed by atoms with Crippen molar-refractivity contribution in [1.82, 2.24) is 0 Å². The smallest absolute Gasteiger partial charge is 0.135 e. The summed E-state index contributed by atoms with van der Waals surface area (Å²) in [6.45, 7) is 6.32. The molecule has 1 rings (SSSR count). The van der Waals surface area contributed by atoms with Crippen LogP contribution in [0.15, 0.2) is 22.7 Å². The van der Waals surface area contributed by atoms with E-state index in [1.165, 1.54) is 0 Å². The van der Waals surface area contributed by atoms with Gasteiger partial charge in [-0.2, -0.15) is 0 Å². The zero-order valence-corrected chi connectivity index (χ0v) is 10.3. The fraction of sp³-hybridized carbons (Fsp3) is 0.455. The molecule has 1 aromatic carbocycles. The maximum atomic E-state index is 5.76. The van der Waals surface area contributed by atoms with Crippen LogP contribution in [-0.4, -0.2) is 6.10 Å². The third-order valence-corrected chi connectivity index (χ3v) is 3.09. The highest BCUT2D eigenvalue weighted by atomic mass is 79.9. The molecule has 1 unspecified atom stereocenters. The standard InChI is InChI=1S/C11H16BrNO/c1-7(2)8(3)14-10-6-4-5-9(13)11(10)12/h4-8H,13H2,1-3H3. The van der Waals surface area contributed by atoms with Crippen molar-refractivity contribution in [2.45, 2.75) is 26.9 Å². The van der Waals surface area contributed by atoms with Gasteiger partial charge in [0.2, 0.25) is 0 Å². The summed E-state index contributed by atoms with van der Waals surface area (Å²) in [4.78, 5) is 0. The van der Waals surface area contributed by atoms with Crippen LogP contribution in [0.5, 0.6) is 5.75 Å². The molecule has 2 nitrogen and oxygen atoms in total. The molecule has 0 aliphatic heterocycles. The number of anilines is 1. The van der Waals surface area contributed by atoms with E-state index in [-0.39, 0.29) is 6.10 Å². The van der Waals surface area contributed by atoms with Gasteiger partial charge < -0.3 is 10.5 Å². The Kier molecular flexibility index (Phi) is 3.81. The van der Waals surface area contributed by atoms with Crippen molar-refractivity contribution in [3.05, 3.63) is 22.7 Å². The first-order valence-corrected chi connectivity index (χ1v) is 5.52. The van der Waals surface area contributed by atoms with Crippen LogP contribution < -0.4 is 10.5 Å². The lowest BCUT2D eigenvalue weighted by molar-refractivity contribution is 0.169. The third kappa shape index (κ3) is 2.64. The summed E-state index contributed by atoms with van der Waals surface area (Å²) in [7, 11) is 0. The fourth-order valence-electron chi connectivity index (χ4n) is 0.955. The summed E-state index contributed by atoms with van der Waals surface area (Å²) in [6, 6.07) is 5.65. The highest BCUT2D eigenvalue weighted by Crippen LogP contribution is 2.31. The van der Waals surface area contributed by atoms with Gasteiger partial charge in [-0.05, 0) is 40.9 Å². The number of hydrogen-bond donors (Lipinski definition) is 1. The molecule has 2 N–H and O–H groups in total. The first kappa shape index (κ1) is 11.4. The largest absolute Gasteiger partial charge is 0.489 e. The second-order valence-corrected chi connectivity index (χ2v) is 4.52. The Hall–Kier alpha value is -0.700. The Morgan fingerprint density at radius 1 is 1.29 bits per heavy atom. The van der Waals surface area contributed by atoms with Crippen LogP contribution in [0.4, 0.5) is 5.69 Å². The first-order valence-electron chi connectivity index (χ1n) is 4.73. The minimum Gasteiger partial charge on any atom is -0.489 e. The number of rotatable bonds is 3. The molecule has 0 fully saturated rings. The van der Waals surface area contributed by atoms with Gasteiger partial charge in [0.15, 0.2) is 0 Å². The molecule has 0 heterocycles. The van der Waals surface area contributed by atoms with Gasteiger partial charge in [0.25, 0.3) is 0 Å². The van der Waals surface area contributed by atoms with E-state index in [0.717, 1.165) is 10.2 Å². The quantitative estimate of drug-likeness (QED) is 0.842. The highest BCUT2D eigenvalue weighted by molar-refractivity contribution is 9.10. The summed E-state index contributed by atoms with van der Waals surface area (Å²) in [5, 5.41) is 0. The lowest BCUT2D eigenvalue weighted by atomic mass is 10.1. The van der Waals surface area contributed by atoms with Crippen molar-refractivity contribution in [3.63, 3.8) is 0 Å². The lowest BCUT2D eigenvalue weighted by Crippen LogP contribution is -2.18. The molecule has 0 saturated heterocycles. The van der Waals surface area contributed by atoms with E-state index in [1.807, 2.05) is 18.2 Å². The molecule has 0 bridgehead atoms. The maximum Gasteiger partial charge on any atom is 0.135 e. The molecule has 1 aromatic rings. The van der Waals surface area contributed by atoms with Crippen LogP contribution in [0.3, 0.4) is 0 Å². The first-order chi connectivity index (χ1) is 6.52. The zero-order chi connectivity index (χ0) is 10.7. The monoisotopic (exact) mass is 257 g/mol.